The van der Waals surface area contributed by atoms with Gasteiger partial charge in [0, 0.05) is 42.2 Å². The van der Waals surface area contributed by atoms with Crippen molar-refractivity contribution in [2.45, 2.75) is 69.7 Å². The van der Waals surface area contributed by atoms with Gasteiger partial charge >= 0.3 is 6.09 Å². The number of aryl methyl sites for hydroxylation is 1. The Bertz CT molecular complexity index is 1970. The van der Waals surface area contributed by atoms with Gasteiger partial charge in [0.2, 0.25) is 5.56 Å². The largest absolute Gasteiger partial charge is 0.506 e. The number of pyridine rings is 1. The molecule has 51 heavy (non-hydrogen) atoms. The summed E-state index contributed by atoms with van der Waals surface area (Å²) in [6.07, 6.45) is 3.95. The molecule has 1 saturated carbocycles. The normalized spacial score (nSPS) is 16.5. The molecule has 0 radical (unpaired) electrons. The third-order valence-electron chi connectivity index (χ3n) is 9.70. The molecule has 4 aromatic carbocycles. The summed E-state index contributed by atoms with van der Waals surface area (Å²) in [5.74, 6) is 0.740. The number of aliphatic hydroxyl groups is 1. The molecule has 266 valence electrons. The fraction of sp³-hybridized carbons (Fsp3) is 0.317. The van der Waals surface area contributed by atoms with Gasteiger partial charge in [-0.15, -0.1) is 0 Å². The highest BCUT2D eigenvalue weighted by atomic mass is 16.5. The van der Waals surface area contributed by atoms with E-state index in [-0.39, 0.29) is 29.9 Å². The SMILES string of the molecule is NC1CCC(N(C(=O)O)c2cc(CCCCOc3ccc(CNC[C@@H](O)c4ccc(O)c5[nH]c(=O)ccc45)cc3)ccc2-c2ccccc2)CC1. The van der Waals surface area contributed by atoms with Gasteiger partial charge in [0.1, 0.15) is 11.5 Å². The number of nitrogens with two attached hydrogens (primary N) is 1. The zero-order valence-electron chi connectivity index (χ0n) is 28.6. The minimum Gasteiger partial charge on any atom is -0.506 e. The fourth-order valence-electron chi connectivity index (χ4n) is 6.95. The van der Waals surface area contributed by atoms with E-state index in [0.717, 1.165) is 78.6 Å². The Morgan fingerprint density at radius 3 is 2.41 bits per heavy atom. The van der Waals surface area contributed by atoms with Crippen molar-refractivity contribution in [3.63, 3.8) is 0 Å². The Morgan fingerprint density at radius 1 is 0.922 bits per heavy atom. The number of rotatable bonds is 14. The van der Waals surface area contributed by atoms with Crippen LogP contribution < -0.4 is 26.2 Å². The number of hydrogen-bond donors (Lipinski definition) is 6. The Kier molecular flexibility index (Phi) is 11.7. The van der Waals surface area contributed by atoms with Crippen molar-refractivity contribution in [3.05, 3.63) is 124 Å². The van der Waals surface area contributed by atoms with E-state index in [1.54, 1.807) is 17.0 Å². The number of fused-ring (bicyclic) bond motifs is 1. The zero-order valence-corrected chi connectivity index (χ0v) is 28.6. The highest BCUT2D eigenvalue weighted by Crippen LogP contribution is 2.36. The summed E-state index contributed by atoms with van der Waals surface area (Å²) < 4.78 is 6.01. The average molecular weight is 691 g/mol. The van der Waals surface area contributed by atoms with Crippen LogP contribution in [0.2, 0.25) is 0 Å². The number of phenols is 1. The van der Waals surface area contributed by atoms with E-state index in [9.17, 15) is 24.9 Å². The lowest BCUT2D eigenvalue weighted by molar-refractivity contribution is 0.176. The van der Waals surface area contributed by atoms with E-state index in [1.165, 1.54) is 12.1 Å². The fourth-order valence-corrected chi connectivity index (χ4v) is 6.95. The average Bonchev–Trinajstić information content (AvgIpc) is 3.13. The molecule has 0 spiro atoms. The van der Waals surface area contributed by atoms with Crippen LogP contribution in [0.25, 0.3) is 22.0 Å². The number of benzene rings is 4. The van der Waals surface area contributed by atoms with Crippen molar-refractivity contribution in [3.8, 4) is 22.6 Å². The van der Waals surface area contributed by atoms with Gasteiger partial charge in [-0.2, -0.15) is 0 Å². The number of unbranched alkanes of at least 4 members (excludes halogenated alkanes) is 1. The maximum Gasteiger partial charge on any atom is 0.412 e. The molecule has 1 atom stereocenters. The Hall–Kier alpha value is -5.16. The molecule has 0 unspecified atom stereocenters. The van der Waals surface area contributed by atoms with E-state index in [2.05, 4.69) is 22.4 Å². The molecule has 1 amide bonds. The van der Waals surface area contributed by atoms with Crippen LogP contribution in [0.3, 0.4) is 0 Å². The second kappa shape index (κ2) is 16.7. The van der Waals surface area contributed by atoms with Crippen LogP contribution >= 0.6 is 0 Å². The van der Waals surface area contributed by atoms with Crippen LogP contribution in [0.1, 0.15) is 61.3 Å². The number of H-pyrrole nitrogens is 1. The highest BCUT2D eigenvalue weighted by Gasteiger charge is 2.30. The molecule has 0 aliphatic heterocycles. The molecule has 10 nitrogen and oxygen atoms in total. The topological polar surface area (TPSA) is 161 Å². The van der Waals surface area contributed by atoms with Gasteiger partial charge in [-0.1, -0.05) is 60.7 Å². The van der Waals surface area contributed by atoms with Crippen LogP contribution in [-0.4, -0.2) is 51.6 Å². The van der Waals surface area contributed by atoms with Crippen molar-refractivity contribution in [2.24, 2.45) is 5.73 Å². The van der Waals surface area contributed by atoms with Crippen molar-refractivity contribution in [1.29, 1.82) is 0 Å². The molecule has 7 N–H and O–H groups in total. The maximum atomic E-state index is 12.7. The molecule has 1 aliphatic rings. The number of ether oxygens (including phenoxy) is 1. The maximum absolute atomic E-state index is 12.7. The van der Waals surface area contributed by atoms with Gasteiger partial charge in [-0.05, 0) is 97.5 Å². The lowest BCUT2D eigenvalue weighted by Gasteiger charge is -2.35. The van der Waals surface area contributed by atoms with Gasteiger partial charge in [0.25, 0.3) is 0 Å². The number of amides is 1. The molecule has 10 heteroatoms. The number of phenolic OH excluding ortho intramolecular Hbond substituents is 1. The number of nitrogens with one attached hydrogen (secondary N) is 2. The van der Waals surface area contributed by atoms with E-state index in [4.69, 9.17) is 10.5 Å². The number of hydrogen-bond acceptors (Lipinski definition) is 7. The molecule has 1 heterocycles. The first-order valence-electron chi connectivity index (χ1n) is 17.7. The number of carbonyl (C=O) groups is 1. The molecular weight excluding hydrogens is 644 g/mol. The molecule has 1 aliphatic carbocycles. The van der Waals surface area contributed by atoms with Gasteiger partial charge in [0.05, 0.1) is 23.9 Å². The summed E-state index contributed by atoms with van der Waals surface area (Å²) in [5.41, 5.74) is 11.5. The van der Waals surface area contributed by atoms with Crippen molar-refractivity contribution in [2.75, 3.05) is 18.1 Å². The lowest BCUT2D eigenvalue weighted by Crippen LogP contribution is -2.44. The van der Waals surface area contributed by atoms with Gasteiger partial charge in [0.15, 0.2) is 0 Å². The number of aromatic amines is 1. The van der Waals surface area contributed by atoms with Gasteiger partial charge in [-0.3, -0.25) is 9.69 Å². The summed E-state index contributed by atoms with van der Waals surface area (Å²) in [7, 11) is 0. The summed E-state index contributed by atoms with van der Waals surface area (Å²) in [6, 6.07) is 30.2. The summed E-state index contributed by atoms with van der Waals surface area (Å²) in [4.78, 5) is 28.6. The van der Waals surface area contributed by atoms with Gasteiger partial charge in [-0.25, -0.2) is 4.79 Å². The smallest absolute Gasteiger partial charge is 0.412 e. The highest BCUT2D eigenvalue weighted by molar-refractivity contribution is 5.94. The molecule has 0 saturated heterocycles. The number of aromatic nitrogens is 1. The summed E-state index contributed by atoms with van der Waals surface area (Å²) >= 11 is 0. The number of aromatic hydroxyl groups is 1. The lowest BCUT2D eigenvalue weighted by atomic mass is 9.89. The van der Waals surface area contributed by atoms with Gasteiger partial charge < -0.3 is 36.1 Å². The molecule has 5 aromatic rings. The van der Waals surface area contributed by atoms with Crippen molar-refractivity contribution < 1.29 is 24.9 Å². The number of anilines is 1. The Labute approximate surface area is 297 Å². The van der Waals surface area contributed by atoms with Crippen LogP contribution in [0.4, 0.5) is 10.5 Å². The first-order chi connectivity index (χ1) is 24.8. The first-order valence-corrected chi connectivity index (χ1v) is 17.7. The van der Waals surface area contributed by atoms with Crippen LogP contribution in [0, 0.1) is 0 Å². The Balaban J connectivity index is 0.994. The number of carboxylic acid groups (broad SMARTS) is 1. The Morgan fingerprint density at radius 2 is 1.67 bits per heavy atom. The monoisotopic (exact) mass is 690 g/mol. The van der Waals surface area contributed by atoms with E-state index in [1.807, 2.05) is 60.7 Å². The third kappa shape index (κ3) is 8.96. The third-order valence-corrected chi connectivity index (χ3v) is 9.70. The van der Waals surface area contributed by atoms with Crippen LogP contribution in [-0.2, 0) is 13.0 Å². The van der Waals surface area contributed by atoms with E-state index >= 15 is 0 Å². The molecule has 1 fully saturated rings. The molecule has 1 aromatic heterocycles. The minimum absolute atomic E-state index is 0.0398. The predicted molar refractivity (Wildman–Crippen MR) is 200 cm³/mol. The predicted octanol–water partition coefficient (Wildman–Crippen LogP) is 6.88. The number of nitrogens with zero attached hydrogens (tertiary/aromatic N) is 1. The second-order valence-corrected chi connectivity index (χ2v) is 13.3. The molecular formula is C41H46N4O6. The minimum atomic E-state index is -0.931. The van der Waals surface area contributed by atoms with E-state index in [0.29, 0.717) is 29.6 Å². The summed E-state index contributed by atoms with van der Waals surface area (Å²) in [6.45, 7) is 1.40. The van der Waals surface area contributed by atoms with Crippen LogP contribution in [0.15, 0.2) is 102 Å². The molecule has 6 rings (SSSR count). The quantitative estimate of drug-likeness (QED) is 0.0688. The van der Waals surface area contributed by atoms with Crippen LogP contribution in [0.5, 0.6) is 11.5 Å². The first kappa shape index (κ1) is 35.7. The number of aliphatic hydroxyl groups excluding tert-OH is 1. The van der Waals surface area contributed by atoms with Crippen molar-refractivity contribution >= 4 is 22.7 Å². The molecule has 0 bridgehead atoms. The zero-order chi connectivity index (χ0) is 35.7. The second-order valence-electron chi connectivity index (χ2n) is 13.3. The van der Waals surface area contributed by atoms with Crippen molar-refractivity contribution in [1.82, 2.24) is 10.3 Å². The summed E-state index contributed by atoms with van der Waals surface area (Å²) in [5, 5.41) is 35.2. The van der Waals surface area contributed by atoms with E-state index < -0.39 is 12.2 Å². The standard InChI is InChI=1S/C41H46N4O6/c42-30-12-14-31(15-13-30)45(41(49)50)36-24-27(11-18-33(36)29-7-2-1-3-8-29)6-4-5-23-51-32-16-9-28(10-17-32)25-43-26-38(47)34-19-21-37(46)40-35(34)20-22-39(48)44-40/h1-3,7-11,16-22,24,30-31,38,43,46-47H,4-6,12-15,23,25-26,42H2,(H,44,48)(H,49,50)/t30?,31?,38-/m1/s1.